The summed E-state index contributed by atoms with van der Waals surface area (Å²) < 4.78 is 10.5. The molecule has 0 fully saturated rings. The minimum atomic E-state index is -0.386. The summed E-state index contributed by atoms with van der Waals surface area (Å²) in [6.45, 7) is 4.12. The molecule has 8 heteroatoms. The number of ether oxygens (including phenoxy) is 1. The number of carbonyl (C=O) groups excluding carboxylic acids is 1. The van der Waals surface area contributed by atoms with E-state index in [1.807, 2.05) is 48.5 Å². The number of methoxy groups -OCH3 is 1. The monoisotopic (exact) mass is 445 g/mol. The second-order valence-corrected chi connectivity index (χ2v) is 7.99. The molecule has 3 aromatic carbocycles. The third-order valence-corrected chi connectivity index (χ3v) is 5.73. The Hall–Kier alpha value is -3.78. The van der Waals surface area contributed by atoms with Gasteiger partial charge < -0.3 is 14.8 Å². The zero-order valence-electron chi connectivity index (χ0n) is 18.0. The number of anilines is 2. The lowest BCUT2D eigenvalue weighted by atomic mass is 10.1. The Bertz CT molecular complexity index is 1220. The Kier molecular flexibility index (Phi) is 6.42. The highest BCUT2D eigenvalue weighted by Gasteiger charge is 2.14. The minimum Gasteiger partial charge on any atom is -0.496 e. The first-order chi connectivity index (χ1) is 15.5. The first-order valence-corrected chi connectivity index (χ1v) is 10.8. The lowest BCUT2D eigenvalue weighted by Gasteiger charge is -2.14. The van der Waals surface area contributed by atoms with Crippen molar-refractivity contribution in [3.63, 3.8) is 0 Å². The summed E-state index contributed by atoms with van der Waals surface area (Å²) in [7, 11) is 1.62. The predicted octanol–water partition coefficient (Wildman–Crippen LogP) is 5.26. The fraction of sp³-hybridized carbons (Fsp3) is 0.125. The molecule has 0 saturated heterocycles. The van der Waals surface area contributed by atoms with E-state index in [0.29, 0.717) is 11.4 Å². The molecule has 0 aliphatic heterocycles. The molecular weight excluding hydrogens is 422 g/mol. The van der Waals surface area contributed by atoms with Gasteiger partial charge >= 0.3 is 0 Å². The summed E-state index contributed by atoms with van der Waals surface area (Å²) in [6, 6.07) is 21.1. The van der Waals surface area contributed by atoms with Gasteiger partial charge in [0, 0.05) is 5.69 Å². The molecule has 32 heavy (non-hydrogen) atoms. The Morgan fingerprint density at radius 3 is 2.47 bits per heavy atom. The topological polar surface area (TPSA) is 81.1 Å². The largest absolute Gasteiger partial charge is 0.496 e. The number of nitrogens with one attached hydrogen (secondary N) is 2. The zero-order valence-corrected chi connectivity index (χ0v) is 18.8. The van der Waals surface area contributed by atoms with E-state index in [2.05, 4.69) is 46.1 Å². The molecule has 1 amide bonds. The van der Waals surface area contributed by atoms with Crippen LogP contribution in [0.1, 0.15) is 21.7 Å². The number of hydrogen-bond donors (Lipinski definition) is 2. The SMILES string of the molecule is COc1ccc(NC(=O)c2ncn(-c3ccccc3)n2)cc1SNc1c(C)cccc1C. The molecule has 0 bridgehead atoms. The minimum absolute atomic E-state index is 0.0903. The Labute approximate surface area is 191 Å². The molecule has 0 aliphatic rings. The van der Waals surface area contributed by atoms with Crippen LogP contribution in [0.2, 0.25) is 0 Å². The van der Waals surface area contributed by atoms with Gasteiger partial charge in [0.2, 0.25) is 5.82 Å². The standard InChI is InChI=1S/C24H23N5O2S/c1-16-8-7-9-17(2)22(16)28-32-21-14-18(12-13-20(21)31-3)26-24(30)23-25-15-29(27-23)19-10-5-4-6-11-19/h4-15,28H,1-3H3,(H,26,30). The van der Waals surface area contributed by atoms with E-state index in [4.69, 9.17) is 4.74 Å². The molecule has 0 radical (unpaired) electrons. The van der Waals surface area contributed by atoms with E-state index in [1.54, 1.807) is 17.9 Å². The fourth-order valence-electron chi connectivity index (χ4n) is 3.17. The van der Waals surface area contributed by atoms with Gasteiger partial charge in [-0.2, -0.15) is 0 Å². The van der Waals surface area contributed by atoms with Crippen molar-refractivity contribution in [1.82, 2.24) is 14.8 Å². The maximum atomic E-state index is 12.7. The van der Waals surface area contributed by atoms with Crippen LogP contribution in [0.3, 0.4) is 0 Å². The lowest BCUT2D eigenvalue weighted by Crippen LogP contribution is -2.14. The van der Waals surface area contributed by atoms with Crippen molar-refractivity contribution >= 4 is 29.2 Å². The third-order valence-electron chi connectivity index (χ3n) is 4.88. The van der Waals surface area contributed by atoms with E-state index in [-0.39, 0.29) is 11.7 Å². The molecule has 4 aromatic rings. The maximum absolute atomic E-state index is 12.7. The molecule has 1 aromatic heterocycles. The van der Waals surface area contributed by atoms with Crippen LogP contribution < -0.4 is 14.8 Å². The van der Waals surface area contributed by atoms with Gasteiger partial charge in [-0.15, -0.1) is 5.10 Å². The average molecular weight is 446 g/mol. The fourth-order valence-corrected chi connectivity index (χ4v) is 4.15. The third kappa shape index (κ3) is 4.76. The molecule has 4 rings (SSSR count). The summed E-state index contributed by atoms with van der Waals surface area (Å²) in [5.74, 6) is 0.411. The summed E-state index contributed by atoms with van der Waals surface area (Å²) in [4.78, 5) is 17.7. The quantitative estimate of drug-likeness (QED) is 0.378. The highest BCUT2D eigenvalue weighted by Crippen LogP contribution is 2.34. The van der Waals surface area contributed by atoms with Gasteiger partial charge in [0.05, 0.1) is 23.4 Å². The molecule has 0 saturated carbocycles. The van der Waals surface area contributed by atoms with Crippen LogP contribution in [-0.2, 0) is 0 Å². The Morgan fingerprint density at radius 1 is 1.00 bits per heavy atom. The van der Waals surface area contributed by atoms with E-state index in [0.717, 1.165) is 27.4 Å². The Balaban J connectivity index is 1.50. The number of aromatic nitrogens is 3. The molecule has 0 atom stereocenters. The van der Waals surface area contributed by atoms with Crippen molar-refractivity contribution in [1.29, 1.82) is 0 Å². The van der Waals surface area contributed by atoms with Crippen molar-refractivity contribution in [2.45, 2.75) is 18.7 Å². The van der Waals surface area contributed by atoms with Crippen molar-refractivity contribution in [3.05, 3.63) is 90.0 Å². The van der Waals surface area contributed by atoms with Crippen LogP contribution in [0, 0.1) is 13.8 Å². The van der Waals surface area contributed by atoms with Gasteiger partial charge in [0.1, 0.15) is 12.1 Å². The van der Waals surface area contributed by atoms with E-state index >= 15 is 0 Å². The highest BCUT2D eigenvalue weighted by atomic mass is 32.2. The molecule has 162 valence electrons. The van der Waals surface area contributed by atoms with Crippen LogP contribution in [-0.4, -0.2) is 27.8 Å². The number of aryl methyl sites for hydroxylation is 2. The summed E-state index contributed by atoms with van der Waals surface area (Å²) in [5.41, 5.74) is 4.82. The van der Waals surface area contributed by atoms with Crippen LogP contribution in [0.5, 0.6) is 5.75 Å². The molecule has 2 N–H and O–H groups in total. The number of hydrogen-bond acceptors (Lipinski definition) is 6. The van der Waals surface area contributed by atoms with Crippen LogP contribution in [0.25, 0.3) is 5.69 Å². The van der Waals surface area contributed by atoms with Gasteiger partial charge in [-0.05, 0) is 67.3 Å². The number of para-hydroxylation sites is 2. The number of amides is 1. The van der Waals surface area contributed by atoms with Crippen LogP contribution in [0.4, 0.5) is 11.4 Å². The summed E-state index contributed by atoms with van der Waals surface area (Å²) in [5, 5.41) is 7.14. The number of benzene rings is 3. The highest BCUT2D eigenvalue weighted by molar-refractivity contribution is 8.00. The summed E-state index contributed by atoms with van der Waals surface area (Å²) >= 11 is 1.43. The van der Waals surface area contributed by atoms with Crippen LogP contribution >= 0.6 is 11.9 Å². The van der Waals surface area contributed by atoms with Gasteiger partial charge in [0.15, 0.2) is 0 Å². The van der Waals surface area contributed by atoms with Gasteiger partial charge in [0.25, 0.3) is 5.91 Å². The van der Waals surface area contributed by atoms with Gasteiger partial charge in [-0.3, -0.25) is 4.79 Å². The maximum Gasteiger partial charge on any atom is 0.295 e. The molecule has 0 unspecified atom stereocenters. The zero-order chi connectivity index (χ0) is 22.5. The van der Waals surface area contributed by atoms with Crippen molar-refractivity contribution in [2.24, 2.45) is 0 Å². The molecule has 7 nitrogen and oxygen atoms in total. The molecule has 1 heterocycles. The second kappa shape index (κ2) is 9.57. The molecular formula is C24H23N5O2S. The van der Waals surface area contributed by atoms with Crippen molar-refractivity contribution < 1.29 is 9.53 Å². The van der Waals surface area contributed by atoms with Gasteiger partial charge in [-0.1, -0.05) is 36.4 Å². The lowest BCUT2D eigenvalue weighted by molar-refractivity contribution is 0.101. The van der Waals surface area contributed by atoms with E-state index in [1.165, 1.54) is 18.3 Å². The predicted molar refractivity (Wildman–Crippen MR) is 128 cm³/mol. The first-order valence-electron chi connectivity index (χ1n) is 10.0. The normalized spacial score (nSPS) is 10.6. The Morgan fingerprint density at radius 2 is 1.75 bits per heavy atom. The summed E-state index contributed by atoms with van der Waals surface area (Å²) in [6.07, 6.45) is 1.52. The smallest absolute Gasteiger partial charge is 0.295 e. The van der Waals surface area contributed by atoms with Crippen LogP contribution in [0.15, 0.2) is 78.0 Å². The number of nitrogens with zero attached hydrogens (tertiary/aromatic N) is 3. The van der Waals surface area contributed by atoms with Crippen molar-refractivity contribution in [3.8, 4) is 11.4 Å². The average Bonchev–Trinajstić information content (AvgIpc) is 3.30. The number of carbonyl (C=O) groups is 1. The first kappa shape index (κ1) is 21.5. The number of rotatable bonds is 7. The van der Waals surface area contributed by atoms with E-state index in [9.17, 15) is 4.79 Å². The van der Waals surface area contributed by atoms with Gasteiger partial charge in [-0.25, -0.2) is 9.67 Å². The second-order valence-electron chi connectivity index (χ2n) is 7.14. The molecule has 0 spiro atoms. The molecule has 0 aliphatic carbocycles. The van der Waals surface area contributed by atoms with Crippen molar-refractivity contribution in [2.75, 3.05) is 17.1 Å². The van der Waals surface area contributed by atoms with E-state index < -0.39 is 0 Å².